The van der Waals surface area contributed by atoms with Crippen molar-refractivity contribution in [1.82, 2.24) is 0 Å². The Kier molecular flexibility index (Phi) is 2.05. The van der Waals surface area contributed by atoms with E-state index in [2.05, 4.69) is 0 Å². The lowest BCUT2D eigenvalue weighted by molar-refractivity contribution is 0.125. The van der Waals surface area contributed by atoms with E-state index < -0.39 is 5.06 Å². The van der Waals surface area contributed by atoms with Gasteiger partial charge in [0.1, 0.15) is 0 Å². The van der Waals surface area contributed by atoms with E-state index in [1.807, 2.05) is 0 Å². The Hall–Kier alpha value is 0.210. The molecule has 0 spiro atoms. The van der Waals surface area contributed by atoms with Crippen LogP contribution in [-0.2, 0) is 0 Å². The van der Waals surface area contributed by atoms with E-state index in [4.69, 9.17) is 22.4 Å². The van der Waals surface area contributed by atoms with E-state index in [9.17, 15) is 0 Å². The molecular formula is C4H10ClNO. The lowest BCUT2D eigenvalue weighted by Gasteiger charge is -2.17. The smallest absolute Gasteiger partial charge is 0.150 e. The van der Waals surface area contributed by atoms with E-state index >= 15 is 0 Å². The summed E-state index contributed by atoms with van der Waals surface area (Å²) in [6, 6.07) is -0.380. The molecule has 2 nitrogen and oxygen atoms in total. The van der Waals surface area contributed by atoms with Gasteiger partial charge in [0.05, 0.1) is 0 Å². The first kappa shape index (κ1) is 7.21. The third kappa shape index (κ3) is 2.85. The van der Waals surface area contributed by atoms with Gasteiger partial charge in [-0.2, -0.15) is 0 Å². The standard InChI is InChI=1S/C4H10ClNO/c1-3(6)4(2,5)7/h3,7H,6H2,1-2H3. The first-order valence-electron chi connectivity index (χ1n) is 2.11. The summed E-state index contributed by atoms with van der Waals surface area (Å²) in [7, 11) is 0. The fourth-order valence-electron chi connectivity index (χ4n) is 0. The second-order valence-electron chi connectivity index (χ2n) is 1.81. The average molecular weight is 124 g/mol. The molecule has 0 aromatic rings. The molecular weight excluding hydrogens is 114 g/mol. The van der Waals surface area contributed by atoms with Crippen LogP contribution in [0.4, 0.5) is 0 Å². The van der Waals surface area contributed by atoms with E-state index in [1.165, 1.54) is 6.92 Å². The predicted octanol–water partition coefficient (Wildman–Crippen LogP) is 0.281. The maximum Gasteiger partial charge on any atom is 0.150 e. The Morgan fingerprint density at radius 3 is 2.00 bits per heavy atom. The van der Waals surface area contributed by atoms with Crippen LogP contribution in [0.5, 0.6) is 0 Å². The van der Waals surface area contributed by atoms with Crippen LogP contribution in [0.3, 0.4) is 0 Å². The number of rotatable bonds is 1. The Morgan fingerprint density at radius 1 is 1.86 bits per heavy atom. The molecule has 3 N–H and O–H groups in total. The predicted molar refractivity (Wildman–Crippen MR) is 30.1 cm³/mol. The molecule has 0 aliphatic heterocycles. The summed E-state index contributed by atoms with van der Waals surface area (Å²) >= 11 is 5.30. The molecule has 3 heteroatoms. The van der Waals surface area contributed by atoms with Crippen molar-refractivity contribution in [1.29, 1.82) is 0 Å². The molecule has 0 bridgehead atoms. The van der Waals surface area contributed by atoms with Crippen molar-refractivity contribution in [3.8, 4) is 0 Å². The summed E-state index contributed by atoms with van der Waals surface area (Å²) < 4.78 is 0. The third-order valence-electron chi connectivity index (χ3n) is 0.831. The molecule has 0 aromatic heterocycles. The molecule has 0 saturated heterocycles. The minimum absolute atomic E-state index is 0.380. The van der Waals surface area contributed by atoms with Crippen LogP contribution >= 0.6 is 11.6 Å². The summed E-state index contributed by atoms with van der Waals surface area (Å²) in [5, 5.41) is 7.49. The molecule has 0 aliphatic rings. The van der Waals surface area contributed by atoms with E-state index in [-0.39, 0.29) is 6.04 Å². The number of halogens is 1. The average Bonchev–Trinajstić information content (AvgIpc) is 1.31. The normalized spacial score (nSPS) is 23.6. The van der Waals surface area contributed by atoms with Crippen LogP contribution in [0.2, 0.25) is 0 Å². The van der Waals surface area contributed by atoms with Crippen molar-refractivity contribution in [3.63, 3.8) is 0 Å². The molecule has 0 heterocycles. The van der Waals surface area contributed by atoms with Crippen LogP contribution in [0, 0.1) is 0 Å². The number of hydrogen-bond donors (Lipinski definition) is 2. The topological polar surface area (TPSA) is 46.2 Å². The quantitative estimate of drug-likeness (QED) is 0.492. The lowest BCUT2D eigenvalue weighted by Crippen LogP contribution is -2.37. The van der Waals surface area contributed by atoms with E-state index in [0.717, 1.165) is 0 Å². The van der Waals surface area contributed by atoms with Crippen molar-refractivity contribution in [2.75, 3.05) is 0 Å². The fourth-order valence-corrected chi connectivity index (χ4v) is 0. The number of alkyl halides is 1. The second-order valence-corrected chi connectivity index (χ2v) is 2.58. The number of hydrogen-bond acceptors (Lipinski definition) is 2. The summed E-state index contributed by atoms with van der Waals surface area (Å²) in [6.07, 6.45) is 0. The van der Waals surface area contributed by atoms with Crippen molar-refractivity contribution >= 4 is 11.6 Å². The van der Waals surface area contributed by atoms with Crippen LogP contribution in [0.25, 0.3) is 0 Å². The zero-order chi connectivity index (χ0) is 6.08. The first-order valence-corrected chi connectivity index (χ1v) is 2.49. The van der Waals surface area contributed by atoms with Crippen LogP contribution in [-0.4, -0.2) is 16.2 Å². The third-order valence-corrected chi connectivity index (χ3v) is 1.18. The molecule has 0 amide bonds. The minimum atomic E-state index is -1.25. The Bertz CT molecular complexity index is 57.2. The molecule has 0 aromatic carbocycles. The monoisotopic (exact) mass is 123 g/mol. The molecule has 2 unspecified atom stereocenters. The molecule has 2 atom stereocenters. The van der Waals surface area contributed by atoms with Gasteiger partial charge in [0, 0.05) is 6.04 Å². The maximum absolute atomic E-state index is 8.74. The van der Waals surface area contributed by atoms with Crippen LogP contribution < -0.4 is 5.73 Å². The maximum atomic E-state index is 8.74. The number of aliphatic hydroxyl groups is 1. The van der Waals surface area contributed by atoms with Gasteiger partial charge in [-0.15, -0.1) is 0 Å². The summed E-state index contributed by atoms with van der Waals surface area (Å²) in [5.74, 6) is 0. The summed E-state index contributed by atoms with van der Waals surface area (Å²) in [6.45, 7) is 3.10. The Balaban J connectivity index is 3.54. The van der Waals surface area contributed by atoms with Gasteiger partial charge < -0.3 is 10.8 Å². The van der Waals surface area contributed by atoms with Crippen molar-refractivity contribution < 1.29 is 5.11 Å². The highest BCUT2D eigenvalue weighted by atomic mass is 35.5. The van der Waals surface area contributed by atoms with Gasteiger partial charge in [-0.05, 0) is 13.8 Å². The van der Waals surface area contributed by atoms with E-state index in [0.29, 0.717) is 0 Å². The van der Waals surface area contributed by atoms with Gasteiger partial charge in [0.2, 0.25) is 0 Å². The Labute approximate surface area is 48.3 Å². The molecule has 0 fully saturated rings. The van der Waals surface area contributed by atoms with Crippen molar-refractivity contribution in [3.05, 3.63) is 0 Å². The highest BCUT2D eigenvalue weighted by Crippen LogP contribution is 2.11. The molecule has 44 valence electrons. The van der Waals surface area contributed by atoms with Crippen molar-refractivity contribution in [2.24, 2.45) is 5.73 Å². The SMILES string of the molecule is CC(N)C(C)(O)Cl. The second kappa shape index (κ2) is 1.99. The van der Waals surface area contributed by atoms with Gasteiger partial charge in [0.15, 0.2) is 5.06 Å². The van der Waals surface area contributed by atoms with Crippen molar-refractivity contribution in [2.45, 2.75) is 24.9 Å². The van der Waals surface area contributed by atoms with Gasteiger partial charge in [0.25, 0.3) is 0 Å². The van der Waals surface area contributed by atoms with Gasteiger partial charge in [-0.1, -0.05) is 11.6 Å². The van der Waals surface area contributed by atoms with Crippen LogP contribution in [0.15, 0.2) is 0 Å². The highest BCUT2D eigenvalue weighted by molar-refractivity contribution is 6.22. The molecule has 0 saturated carbocycles. The largest absolute Gasteiger partial charge is 0.374 e. The number of nitrogens with two attached hydrogens (primary N) is 1. The first-order chi connectivity index (χ1) is 2.94. The zero-order valence-corrected chi connectivity index (χ0v) is 5.24. The molecule has 0 rings (SSSR count). The van der Waals surface area contributed by atoms with Gasteiger partial charge in [-0.25, -0.2) is 0 Å². The molecule has 0 radical (unpaired) electrons. The summed E-state index contributed by atoms with van der Waals surface area (Å²) in [4.78, 5) is 0. The van der Waals surface area contributed by atoms with Crippen LogP contribution in [0.1, 0.15) is 13.8 Å². The lowest BCUT2D eigenvalue weighted by atomic mass is 10.2. The highest BCUT2D eigenvalue weighted by Gasteiger charge is 2.20. The van der Waals surface area contributed by atoms with E-state index in [1.54, 1.807) is 6.92 Å². The molecule has 0 aliphatic carbocycles. The van der Waals surface area contributed by atoms with Gasteiger partial charge >= 0.3 is 0 Å². The van der Waals surface area contributed by atoms with Gasteiger partial charge in [-0.3, -0.25) is 0 Å². The molecule has 7 heavy (non-hydrogen) atoms. The zero-order valence-electron chi connectivity index (χ0n) is 4.48. The summed E-state index contributed by atoms with van der Waals surface area (Å²) in [5.41, 5.74) is 5.19. The Morgan fingerprint density at radius 2 is 2.00 bits per heavy atom. The fraction of sp³-hybridized carbons (Fsp3) is 1.00. The minimum Gasteiger partial charge on any atom is -0.374 e.